The van der Waals surface area contributed by atoms with Crippen molar-refractivity contribution in [3.8, 4) is 0 Å². The van der Waals surface area contributed by atoms with Crippen LogP contribution in [0.4, 0.5) is 0 Å². The molecule has 0 aliphatic carbocycles. The molecule has 0 saturated heterocycles. The molecule has 0 aliphatic rings. The summed E-state index contributed by atoms with van der Waals surface area (Å²) in [5.41, 5.74) is -1.26. The van der Waals surface area contributed by atoms with E-state index >= 15 is 0 Å². The third-order valence-electron chi connectivity index (χ3n) is 1.60. The highest BCUT2D eigenvalue weighted by Gasteiger charge is 2.39. The molecule has 1 heterocycles. The van der Waals surface area contributed by atoms with Crippen molar-refractivity contribution in [3.63, 3.8) is 0 Å². The Kier molecular flexibility index (Phi) is 3.50. The lowest BCUT2D eigenvalue weighted by molar-refractivity contribution is 0.0575. The Hall–Kier alpha value is -0.610. The van der Waals surface area contributed by atoms with Crippen LogP contribution in [0.5, 0.6) is 0 Å². The quantitative estimate of drug-likeness (QED) is 0.640. The monoisotopic (exact) mass is 233 g/mol. The summed E-state index contributed by atoms with van der Waals surface area (Å²) in [5, 5.41) is 1.77. The van der Waals surface area contributed by atoms with Crippen LogP contribution in [0.25, 0.3) is 0 Å². The number of ketones is 1. The summed E-state index contributed by atoms with van der Waals surface area (Å²) < 4.78 is 15.1. The Morgan fingerprint density at radius 1 is 1.64 bits per heavy atom. The SMILES string of the molecule is CC(C)(O[P+](=O)O)C(=O)c1cccs1. The maximum atomic E-state index is 11.7. The van der Waals surface area contributed by atoms with Crippen molar-refractivity contribution >= 4 is 25.4 Å². The molecule has 6 heteroatoms. The van der Waals surface area contributed by atoms with Gasteiger partial charge in [0.15, 0.2) is 5.60 Å². The lowest BCUT2D eigenvalue weighted by atomic mass is 10.0. The van der Waals surface area contributed by atoms with Gasteiger partial charge in [-0.2, -0.15) is 0 Å². The van der Waals surface area contributed by atoms with Gasteiger partial charge in [0.2, 0.25) is 5.78 Å². The van der Waals surface area contributed by atoms with Gasteiger partial charge in [-0.15, -0.1) is 20.8 Å². The molecule has 0 saturated carbocycles. The summed E-state index contributed by atoms with van der Waals surface area (Å²) in [6, 6.07) is 3.40. The Morgan fingerprint density at radius 3 is 2.71 bits per heavy atom. The average molecular weight is 233 g/mol. The molecule has 4 nitrogen and oxygen atoms in total. The van der Waals surface area contributed by atoms with E-state index in [0.717, 1.165) is 0 Å². The lowest BCUT2D eigenvalue weighted by Crippen LogP contribution is -2.32. The average Bonchev–Trinajstić information content (AvgIpc) is 2.51. The predicted octanol–water partition coefficient (Wildman–Crippen LogP) is 2.38. The van der Waals surface area contributed by atoms with Gasteiger partial charge in [-0.05, 0) is 25.3 Å². The van der Waals surface area contributed by atoms with Gasteiger partial charge in [-0.1, -0.05) is 6.07 Å². The summed E-state index contributed by atoms with van der Waals surface area (Å²) in [6.45, 7) is 2.94. The fourth-order valence-electron chi connectivity index (χ4n) is 0.941. The van der Waals surface area contributed by atoms with Crippen molar-refractivity contribution in [1.29, 1.82) is 0 Å². The van der Waals surface area contributed by atoms with Crippen molar-refractivity contribution in [2.24, 2.45) is 0 Å². The van der Waals surface area contributed by atoms with Crippen molar-refractivity contribution in [1.82, 2.24) is 0 Å². The maximum Gasteiger partial charge on any atom is 0.695 e. The van der Waals surface area contributed by atoms with Crippen molar-refractivity contribution in [2.45, 2.75) is 19.4 Å². The molecular weight excluding hydrogens is 223 g/mol. The molecule has 1 rings (SSSR count). The number of carbonyl (C=O) groups is 1. The van der Waals surface area contributed by atoms with Crippen LogP contribution >= 0.6 is 19.6 Å². The molecule has 1 N–H and O–H groups in total. The summed E-state index contributed by atoms with van der Waals surface area (Å²) in [4.78, 5) is 20.8. The van der Waals surface area contributed by atoms with E-state index in [-0.39, 0.29) is 5.78 Å². The molecule has 1 aromatic heterocycles. The smallest absolute Gasteiger partial charge is 0.290 e. The Balaban J connectivity index is 2.83. The molecule has 1 unspecified atom stereocenters. The first-order valence-electron chi connectivity index (χ1n) is 3.87. The van der Waals surface area contributed by atoms with Gasteiger partial charge < -0.3 is 0 Å². The van der Waals surface area contributed by atoms with E-state index in [4.69, 9.17) is 4.89 Å². The molecule has 14 heavy (non-hydrogen) atoms. The van der Waals surface area contributed by atoms with Gasteiger partial charge in [0.05, 0.1) is 4.88 Å². The van der Waals surface area contributed by atoms with E-state index in [1.54, 1.807) is 17.5 Å². The molecule has 0 fully saturated rings. The predicted molar refractivity (Wildman–Crippen MR) is 53.6 cm³/mol. The number of Topliss-reactive ketones (excluding diaryl/α,β-unsaturated/α-hetero) is 1. The summed E-state index contributed by atoms with van der Waals surface area (Å²) in [7, 11) is -2.76. The van der Waals surface area contributed by atoms with Crippen LogP contribution in [0.3, 0.4) is 0 Å². The second kappa shape index (κ2) is 4.28. The largest absolute Gasteiger partial charge is 0.695 e. The number of hydrogen-bond donors (Lipinski definition) is 1. The van der Waals surface area contributed by atoms with Crippen LogP contribution in [-0.2, 0) is 9.09 Å². The first-order chi connectivity index (χ1) is 6.43. The molecule has 1 atom stereocenters. The van der Waals surface area contributed by atoms with E-state index in [0.29, 0.717) is 4.88 Å². The third-order valence-corrected chi connectivity index (χ3v) is 3.08. The highest BCUT2D eigenvalue weighted by Crippen LogP contribution is 2.29. The molecule has 0 aliphatic heterocycles. The first kappa shape index (κ1) is 11.5. The second-order valence-electron chi connectivity index (χ2n) is 3.15. The Bertz CT molecular complexity index is 344. The number of carbonyl (C=O) groups excluding carboxylic acids is 1. The van der Waals surface area contributed by atoms with E-state index in [2.05, 4.69) is 4.52 Å². The van der Waals surface area contributed by atoms with Gasteiger partial charge in [0, 0.05) is 4.57 Å². The summed E-state index contributed by atoms with van der Waals surface area (Å²) >= 11 is 1.28. The van der Waals surface area contributed by atoms with E-state index in [1.165, 1.54) is 25.2 Å². The van der Waals surface area contributed by atoms with Crippen LogP contribution in [0.1, 0.15) is 23.5 Å². The van der Waals surface area contributed by atoms with Gasteiger partial charge in [-0.25, -0.2) is 0 Å². The highest BCUT2D eigenvalue weighted by atomic mass is 32.1. The van der Waals surface area contributed by atoms with Gasteiger partial charge in [-0.3, -0.25) is 4.79 Å². The zero-order valence-electron chi connectivity index (χ0n) is 7.76. The fourth-order valence-corrected chi connectivity index (χ4v) is 2.23. The van der Waals surface area contributed by atoms with Gasteiger partial charge >= 0.3 is 8.25 Å². The molecule has 0 bridgehead atoms. The fraction of sp³-hybridized carbons (Fsp3) is 0.375. The molecule has 1 aromatic rings. The number of hydrogen-bond acceptors (Lipinski definition) is 4. The van der Waals surface area contributed by atoms with Gasteiger partial charge in [0.25, 0.3) is 0 Å². The molecule has 0 radical (unpaired) electrons. The second-order valence-corrected chi connectivity index (χ2v) is 4.75. The minimum absolute atomic E-state index is 0.287. The van der Waals surface area contributed by atoms with Crippen LogP contribution in [0.15, 0.2) is 17.5 Å². The topological polar surface area (TPSA) is 63.6 Å². The number of thiophene rings is 1. The van der Waals surface area contributed by atoms with Crippen LogP contribution in [-0.4, -0.2) is 16.3 Å². The summed E-state index contributed by atoms with van der Waals surface area (Å²) in [5.74, 6) is -0.287. The van der Waals surface area contributed by atoms with Gasteiger partial charge in [0.1, 0.15) is 0 Å². The maximum absolute atomic E-state index is 11.7. The molecule has 76 valence electrons. The summed E-state index contributed by atoms with van der Waals surface area (Å²) in [6.07, 6.45) is 0. The van der Waals surface area contributed by atoms with Crippen LogP contribution in [0, 0.1) is 0 Å². The van der Waals surface area contributed by atoms with Crippen molar-refractivity contribution < 1.29 is 18.8 Å². The molecule has 0 aromatic carbocycles. The van der Waals surface area contributed by atoms with Crippen LogP contribution in [0.2, 0.25) is 0 Å². The lowest BCUT2D eigenvalue weighted by Gasteiger charge is -2.13. The van der Waals surface area contributed by atoms with Crippen LogP contribution < -0.4 is 0 Å². The standard InChI is InChI=1S/C8H9O4PS/c1-8(2,12-13(10)11)7(9)6-4-3-5-14-6/h3-5H,1-2H3/p+1. The molecule has 0 amide bonds. The highest BCUT2D eigenvalue weighted by molar-refractivity contribution is 7.32. The first-order valence-corrected chi connectivity index (χ1v) is 5.88. The molecular formula is C8H10O4PS+. The third kappa shape index (κ3) is 2.69. The molecule has 0 spiro atoms. The minimum Gasteiger partial charge on any atom is -0.290 e. The van der Waals surface area contributed by atoms with Crippen molar-refractivity contribution in [2.75, 3.05) is 0 Å². The zero-order chi connectivity index (χ0) is 10.8. The zero-order valence-corrected chi connectivity index (χ0v) is 9.47. The minimum atomic E-state index is -2.76. The normalized spacial score (nSPS) is 12.6. The number of rotatable bonds is 4. The van der Waals surface area contributed by atoms with E-state index in [1.807, 2.05) is 0 Å². The Labute approximate surface area is 86.5 Å². The van der Waals surface area contributed by atoms with Crippen molar-refractivity contribution in [3.05, 3.63) is 22.4 Å². The Morgan fingerprint density at radius 2 is 2.29 bits per heavy atom. The van der Waals surface area contributed by atoms with E-state index < -0.39 is 13.9 Å². The van der Waals surface area contributed by atoms with E-state index in [9.17, 15) is 9.36 Å².